The molecule has 1 aromatic heterocycles. The fourth-order valence-corrected chi connectivity index (χ4v) is 3.31. The Hall–Kier alpha value is -3.18. The zero-order chi connectivity index (χ0) is 18.8. The third-order valence-electron chi connectivity index (χ3n) is 4.34. The molecule has 0 saturated carbocycles. The third kappa shape index (κ3) is 3.55. The van der Waals surface area contributed by atoms with E-state index in [4.69, 9.17) is 0 Å². The highest BCUT2D eigenvalue weighted by Gasteiger charge is 2.13. The Morgan fingerprint density at radius 3 is 2.37 bits per heavy atom. The number of hydrogen-bond donors (Lipinski definition) is 2. The minimum atomic E-state index is -0.451. The first-order valence-electron chi connectivity index (χ1n) is 8.40. The molecule has 2 N–H and O–H groups in total. The number of pyridine rings is 1. The number of anilines is 1. The second kappa shape index (κ2) is 7.21. The van der Waals surface area contributed by atoms with Crippen LogP contribution in [-0.4, -0.2) is 10.9 Å². The number of benzene rings is 3. The average molecular weight is 419 g/mol. The van der Waals surface area contributed by atoms with Gasteiger partial charge in [0.1, 0.15) is 5.56 Å². The summed E-state index contributed by atoms with van der Waals surface area (Å²) in [6.45, 7) is 0. The van der Waals surface area contributed by atoms with Crippen LogP contribution >= 0.6 is 15.9 Å². The highest BCUT2D eigenvalue weighted by Crippen LogP contribution is 2.23. The molecule has 0 unspecified atom stereocenters. The summed E-state index contributed by atoms with van der Waals surface area (Å²) in [7, 11) is 0. The number of para-hydroxylation sites is 1. The molecule has 5 heteroatoms. The lowest BCUT2D eigenvalue weighted by Gasteiger charge is -2.08. The van der Waals surface area contributed by atoms with Crippen LogP contribution in [0.15, 0.2) is 88.1 Å². The van der Waals surface area contributed by atoms with Crippen LogP contribution in [0.1, 0.15) is 10.4 Å². The first kappa shape index (κ1) is 17.2. The molecule has 0 fully saturated rings. The minimum absolute atomic E-state index is 0.0651. The van der Waals surface area contributed by atoms with Gasteiger partial charge in [0.2, 0.25) is 0 Å². The fraction of sp³-hybridized carbons (Fsp3) is 0. The number of aromatic nitrogens is 1. The lowest BCUT2D eigenvalue weighted by Crippen LogP contribution is -2.23. The van der Waals surface area contributed by atoms with Crippen LogP contribution in [0.2, 0.25) is 0 Å². The summed E-state index contributed by atoms with van der Waals surface area (Å²) in [6, 6.07) is 24.6. The maximum absolute atomic E-state index is 12.5. The number of H-pyrrole nitrogens is 1. The third-order valence-corrected chi connectivity index (χ3v) is 5.03. The van der Waals surface area contributed by atoms with Gasteiger partial charge in [-0.25, -0.2) is 0 Å². The fourth-order valence-electron chi connectivity index (χ4n) is 2.93. The maximum atomic E-state index is 12.5. The Morgan fingerprint density at radius 1 is 0.852 bits per heavy atom. The van der Waals surface area contributed by atoms with Gasteiger partial charge < -0.3 is 10.3 Å². The van der Waals surface area contributed by atoms with E-state index in [2.05, 4.69) is 26.2 Å². The number of rotatable bonds is 3. The second-order valence-electron chi connectivity index (χ2n) is 6.11. The quantitative estimate of drug-likeness (QED) is 0.479. The van der Waals surface area contributed by atoms with Crippen molar-refractivity contribution in [1.29, 1.82) is 0 Å². The van der Waals surface area contributed by atoms with Crippen molar-refractivity contribution in [2.45, 2.75) is 0 Å². The van der Waals surface area contributed by atoms with E-state index >= 15 is 0 Å². The molecule has 3 aromatic carbocycles. The van der Waals surface area contributed by atoms with Crippen LogP contribution in [0, 0.1) is 0 Å². The van der Waals surface area contributed by atoms with Crippen LogP contribution in [0.5, 0.6) is 0 Å². The van der Waals surface area contributed by atoms with E-state index in [0.717, 1.165) is 20.8 Å². The molecule has 4 nitrogen and oxygen atoms in total. The number of carbonyl (C=O) groups excluding carboxylic acids is 1. The SMILES string of the molecule is O=C(Nc1ccccc1Br)c1ccc(-c2ccc3ccccc3c2)[nH]c1=O. The summed E-state index contributed by atoms with van der Waals surface area (Å²) in [5, 5.41) is 4.97. The van der Waals surface area contributed by atoms with Gasteiger partial charge in [0.05, 0.1) is 5.69 Å². The summed E-state index contributed by atoms with van der Waals surface area (Å²) in [6.07, 6.45) is 0. The van der Waals surface area contributed by atoms with Gasteiger partial charge in [-0.2, -0.15) is 0 Å². The summed E-state index contributed by atoms with van der Waals surface area (Å²) in [4.78, 5) is 27.7. The molecule has 132 valence electrons. The molecule has 0 aliphatic heterocycles. The van der Waals surface area contributed by atoms with E-state index in [0.29, 0.717) is 11.4 Å². The molecule has 4 aromatic rings. The molecule has 0 saturated heterocycles. The van der Waals surface area contributed by atoms with Crippen LogP contribution < -0.4 is 10.9 Å². The van der Waals surface area contributed by atoms with Crippen molar-refractivity contribution in [3.8, 4) is 11.3 Å². The number of nitrogens with one attached hydrogen (secondary N) is 2. The summed E-state index contributed by atoms with van der Waals surface area (Å²) < 4.78 is 0.752. The minimum Gasteiger partial charge on any atom is -0.321 e. The van der Waals surface area contributed by atoms with Gasteiger partial charge in [0, 0.05) is 10.2 Å². The largest absolute Gasteiger partial charge is 0.321 e. The second-order valence-corrected chi connectivity index (χ2v) is 6.97. The van der Waals surface area contributed by atoms with Crippen molar-refractivity contribution < 1.29 is 4.79 Å². The zero-order valence-electron chi connectivity index (χ0n) is 14.2. The molecule has 0 aliphatic carbocycles. The van der Waals surface area contributed by atoms with E-state index in [1.807, 2.05) is 60.7 Å². The van der Waals surface area contributed by atoms with Crippen LogP contribution in [0.25, 0.3) is 22.0 Å². The number of halogens is 1. The molecule has 0 radical (unpaired) electrons. The Kier molecular flexibility index (Phi) is 4.60. The van der Waals surface area contributed by atoms with Gasteiger partial charge in [0.15, 0.2) is 0 Å². The molecule has 27 heavy (non-hydrogen) atoms. The van der Waals surface area contributed by atoms with Crippen molar-refractivity contribution in [3.63, 3.8) is 0 Å². The molecule has 0 bridgehead atoms. The van der Waals surface area contributed by atoms with Gasteiger partial charge in [-0.05, 0) is 62.6 Å². The van der Waals surface area contributed by atoms with Gasteiger partial charge in [-0.15, -0.1) is 0 Å². The maximum Gasteiger partial charge on any atom is 0.261 e. The smallest absolute Gasteiger partial charge is 0.261 e. The molecule has 1 heterocycles. The number of aromatic amines is 1. The molecule has 0 atom stereocenters. The predicted octanol–water partition coefficient (Wildman–Crippen LogP) is 5.21. The van der Waals surface area contributed by atoms with Crippen LogP contribution in [0.3, 0.4) is 0 Å². The molecular formula is C22H15BrN2O2. The highest BCUT2D eigenvalue weighted by molar-refractivity contribution is 9.10. The Labute approximate surface area is 164 Å². The molecule has 1 amide bonds. The summed E-state index contributed by atoms with van der Waals surface area (Å²) >= 11 is 3.38. The van der Waals surface area contributed by atoms with E-state index < -0.39 is 11.5 Å². The number of carbonyl (C=O) groups is 1. The van der Waals surface area contributed by atoms with Crippen LogP contribution in [0.4, 0.5) is 5.69 Å². The van der Waals surface area contributed by atoms with E-state index in [-0.39, 0.29) is 5.56 Å². The van der Waals surface area contributed by atoms with E-state index in [9.17, 15) is 9.59 Å². The molecule has 0 spiro atoms. The van der Waals surface area contributed by atoms with Gasteiger partial charge in [-0.3, -0.25) is 9.59 Å². The van der Waals surface area contributed by atoms with Gasteiger partial charge in [-0.1, -0.05) is 48.5 Å². The van der Waals surface area contributed by atoms with Crippen molar-refractivity contribution in [1.82, 2.24) is 4.98 Å². The number of amides is 1. The summed E-state index contributed by atoms with van der Waals surface area (Å²) in [5.74, 6) is -0.451. The predicted molar refractivity (Wildman–Crippen MR) is 112 cm³/mol. The van der Waals surface area contributed by atoms with Crippen LogP contribution in [-0.2, 0) is 0 Å². The Balaban J connectivity index is 1.64. The Morgan fingerprint density at radius 2 is 1.59 bits per heavy atom. The average Bonchev–Trinajstić information content (AvgIpc) is 2.69. The van der Waals surface area contributed by atoms with Gasteiger partial charge >= 0.3 is 0 Å². The van der Waals surface area contributed by atoms with E-state index in [1.165, 1.54) is 0 Å². The highest BCUT2D eigenvalue weighted by atomic mass is 79.9. The molecule has 0 aliphatic rings. The van der Waals surface area contributed by atoms with Crippen molar-refractivity contribution in [2.24, 2.45) is 0 Å². The number of hydrogen-bond acceptors (Lipinski definition) is 2. The monoisotopic (exact) mass is 418 g/mol. The standard InChI is InChI=1S/C22H15BrN2O2/c23-18-7-3-4-8-20(18)25-22(27)17-11-12-19(24-21(17)26)16-10-9-14-5-1-2-6-15(14)13-16/h1-13H,(H,24,26)(H,25,27). The zero-order valence-corrected chi connectivity index (χ0v) is 15.8. The normalized spacial score (nSPS) is 10.7. The topological polar surface area (TPSA) is 62.0 Å². The lowest BCUT2D eigenvalue weighted by molar-refractivity contribution is 0.102. The molecular weight excluding hydrogens is 404 g/mol. The summed E-state index contributed by atoms with van der Waals surface area (Å²) in [5.41, 5.74) is 1.81. The lowest BCUT2D eigenvalue weighted by atomic mass is 10.0. The number of fused-ring (bicyclic) bond motifs is 1. The first-order chi connectivity index (χ1) is 13.1. The van der Waals surface area contributed by atoms with Crippen molar-refractivity contribution in [3.05, 3.63) is 99.3 Å². The Bertz CT molecular complexity index is 1210. The van der Waals surface area contributed by atoms with Crippen molar-refractivity contribution >= 4 is 38.3 Å². The first-order valence-corrected chi connectivity index (χ1v) is 9.19. The van der Waals surface area contributed by atoms with Crippen molar-refractivity contribution in [2.75, 3.05) is 5.32 Å². The molecule has 4 rings (SSSR count). The van der Waals surface area contributed by atoms with Gasteiger partial charge in [0.25, 0.3) is 11.5 Å². The van der Waals surface area contributed by atoms with E-state index in [1.54, 1.807) is 18.2 Å².